The first kappa shape index (κ1) is 34.4. The Balaban J connectivity index is 1.69. The minimum Gasteiger partial charge on any atom is -0.455 e. The molecule has 1 aromatic rings. The van der Waals surface area contributed by atoms with E-state index in [0.29, 0.717) is 24.8 Å². The molecule has 3 aliphatic heterocycles. The van der Waals surface area contributed by atoms with Gasteiger partial charge in [0.05, 0.1) is 37.1 Å². The van der Waals surface area contributed by atoms with Crippen molar-refractivity contribution in [3.05, 3.63) is 61.2 Å². The van der Waals surface area contributed by atoms with Crippen LogP contribution < -0.4 is 5.32 Å². The molecule has 45 heavy (non-hydrogen) atoms. The smallest absolute Gasteiger partial charge is 0.313 e. The van der Waals surface area contributed by atoms with E-state index in [1.165, 1.54) is 4.90 Å². The van der Waals surface area contributed by atoms with Gasteiger partial charge in [-0.15, -0.1) is 13.2 Å². The van der Waals surface area contributed by atoms with Gasteiger partial charge in [-0.1, -0.05) is 56.3 Å². The van der Waals surface area contributed by atoms with E-state index in [2.05, 4.69) is 18.5 Å². The molecule has 3 fully saturated rings. The van der Waals surface area contributed by atoms with E-state index in [1.54, 1.807) is 17.1 Å². The van der Waals surface area contributed by atoms with Gasteiger partial charge in [0.1, 0.15) is 17.7 Å². The van der Waals surface area contributed by atoms with Gasteiger partial charge in [-0.05, 0) is 51.5 Å². The van der Waals surface area contributed by atoms with E-state index in [1.807, 2.05) is 65.0 Å². The van der Waals surface area contributed by atoms with Crippen molar-refractivity contribution in [2.45, 2.75) is 95.7 Å². The van der Waals surface area contributed by atoms with Crippen LogP contribution in [0.5, 0.6) is 0 Å². The summed E-state index contributed by atoms with van der Waals surface area (Å²) in [5.41, 5.74) is -1.13. The monoisotopic (exact) mass is 623 g/mol. The van der Waals surface area contributed by atoms with E-state index in [0.717, 1.165) is 0 Å². The van der Waals surface area contributed by atoms with Crippen molar-refractivity contribution in [1.82, 2.24) is 15.1 Å². The fourth-order valence-corrected chi connectivity index (χ4v) is 7.23. The van der Waals surface area contributed by atoms with Gasteiger partial charge < -0.3 is 29.7 Å². The first-order valence-electron chi connectivity index (χ1n) is 16.0. The lowest BCUT2D eigenvalue weighted by Crippen LogP contribution is -2.62. The number of rotatable bonds is 14. The van der Waals surface area contributed by atoms with Gasteiger partial charge in [0, 0.05) is 18.5 Å². The van der Waals surface area contributed by atoms with Crippen molar-refractivity contribution < 1.29 is 33.8 Å². The summed E-state index contributed by atoms with van der Waals surface area (Å²) in [5, 5.41) is 13.3. The van der Waals surface area contributed by atoms with E-state index < -0.39 is 53.2 Å². The largest absolute Gasteiger partial charge is 0.455 e. The molecule has 3 amide bonds. The molecular formula is C35H49N3O7. The number of amides is 3. The normalized spacial score (nSPS) is 26.7. The number of hydrogen-bond acceptors (Lipinski definition) is 7. The number of nitrogens with zero attached hydrogens (tertiary/aromatic N) is 2. The number of hydrogen-bond donors (Lipinski definition) is 2. The second kappa shape index (κ2) is 13.9. The van der Waals surface area contributed by atoms with Crippen LogP contribution in [0, 0.1) is 17.8 Å². The Morgan fingerprint density at radius 2 is 1.89 bits per heavy atom. The van der Waals surface area contributed by atoms with Gasteiger partial charge in [-0.3, -0.25) is 19.2 Å². The number of aliphatic hydroxyl groups excluding tert-OH is 1. The van der Waals surface area contributed by atoms with Crippen LogP contribution in [0.25, 0.3) is 0 Å². The van der Waals surface area contributed by atoms with Crippen LogP contribution in [-0.4, -0.2) is 87.6 Å². The number of carbonyl (C=O) groups is 4. The zero-order valence-electron chi connectivity index (χ0n) is 27.2. The number of ether oxygens (including phenoxy) is 2. The third-order valence-electron chi connectivity index (χ3n) is 9.44. The Morgan fingerprint density at radius 3 is 2.47 bits per heavy atom. The second-order valence-corrected chi connectivity index (χ2v) is 13.7. The highest BCUT2D eigenvalue weighted by Crippen LogP contribution is 2.59. The maximum Gasteiger partial charge on any atom is 0.313 e. The van der Waals surface area contributed by atoms with Crippen molar-refractivity contribution in [3.63, 3.8) is 0 Å². The van der Waals surface area contributed by atoms with Crippen LogP contribution in [0.3, 0.4) is 0 Å². The summed E-state index contributed by atoms with van der Waals surface area (Å²) < 4.78 is 12.7. The molecule has 0 saturated carbocycles. The molecule has 3 aliphatic rings. The molecule has 1 spiro atoms. The van der Waals surface area contributed by atoms with Crippen LogP contribution in [0.1, 0.15) is 72.0 Å². The summed E-state index contributed by atoms with van der Waals surface area (Å²) in [6.07, 6.45) is 3.62. The van der Waals surface area contributed by atoms with Crippen molar-refractivity contribution >= 4 is 23.7 Å². The molecule has 10 heteroatoms. The third kappa shape index (κ3) is 6.58. The first-order valence-corrected chi connectivity index (χ1v) is 16.0. The van der Waals surface area contributed by atoms with Gasteiger partial charge in [-0.2, -0.15) is 0 Å². The fourth-order valence-electron chi connectivity index (χ4n) is 7.23. The zero-order chi connectivity index (χ0) is 33.1. The number of nitrogens with one attached hydrogen (secondary N) is 1. The number of carbonyl (C=O) groups excluding carboxylic acids is 4. The molecule has 3 saturated heterocycles. The maximum absolute atomic E-state index is 14.5. The van der Waals surface area contributed by atoms with Gasteiger partial charge in [0.2, 0.25) is 17.7 Å². The minimum atomic E-state index is -1.24. The minimum absolute atomic E-state index is 0.0585. The molecule has 1 aromatic carbocycles. The maximum atomic E-state index is 14.5. The highest BCUT2D eigenvalue weighted by atomic mass is 16.6. The van der Waals surface area contributed by atoms with E-state index in [9.17, 15) is 24.3 Å². The van der Waals surface area contributed by atoms with Gasteiger partial charge >= 0.3 is 5.97 Å². The number of benzene rings is 1. The average Bonchev–Trinajstić information content (AvgIpc) is 3.64. The lowest BCUT2D eigenvalue weighted by atomic mass is 9.70. The van der Waals surface area contributed by atoms with Crippen LogP contribution in [0.4, 0.5) is 0 Å². The van der Waals surface area contributed by atoms with Crippen LogP contribution in [-0.2, 0) is 28.7 Å². The summed E-state index contributed by atoms with van der Waals surface area (Å²) in [5.74, 6) is -3.53. The molecule has 0 aliphatic carbocycles. The van der Waals surface area contributed by atoms with Crippen molar-refractivity contribution in [2.24, 2.45) is 17.8 Å². The molecule has 4 rings (SSSR count). The summed E-state index contributed by atoms with van der Waals surface area (Å²) in [6, 6.07) is 7.46. The average molecular weight is 624 g/mol. The lowest BCUT2D eigenvalue weighted by molar-refractivity contribution is -0.161. The molecule has 3 heterocycles. The number of fused-ring (bicyclic) bond motifs is 1. The predicted octanol–water partition coefficient (Wildman–Crippen LogP) is 3.56. The van der Waals surface area contributed by atoms with Gasteiger partial charge in [0.15, 0.2) is 0 Å². The van der Waals surface area contributed by atoms with Gasteiger partial charge in [-0.25, -0.2) is 0 Å². The molecule has 7 atom stereocenters. The Labute approximate surface area is 266 Å². The molecule has 2 N–H and O–H groups in total. The Bertz CT molecular complexity index is 1280. The van der Waals surface area contributed by atoms with Crippen LogP contribution >= 0.6 is 0 Å². The van der Waals surface area contributed by atoms with Crippen LogP contribution in [0.2, 0.25) is 0 Å². The summed E-state index contributed by atoms with van der Waals surface area (Å²) in [4.78, 5) is 58.7. The SMILES string of the molecule is C=CCCC(=O)NC[C@H](OC(=O)[C@@H]1[C@H]2C(=O)N([C@@H](CO)C(C)C)[C@H](C(=O)N(CC=C)C(C)(C)C)[C@]23CC[C@H]1O3)c1ccccc1. The fraction of sp³-hybridized carbons (Fsp3) is 0.600. The molecule has 2 bridgehead atoms. The molecule has 10 nitrogen and oxygen atoms in total. The first-order chi connectivity index (χ1) is 21.3. The summed E-state index contributed by atoms with van der Waals surface area (Å²) in [7, 11) is 0. The quantitative estimate of drug-likeness (QED) is 0.240. The molecule has 0 unspecified atom stereocenters. The number of aliphatic hydroxyl groups is 1. The topological polar surface area (TPSA) is 125 Å². The summed E-state index contributed by atoms with van der Waals surface area (Å²) >= 11 is 0. The molecule has 0 aromatic heterocycles. The lowest BCUT2D eigenvalue weighted by Gasteiger charge is -2.44. The van der Waals surface area contributed by atoms with Crippen LogP contribution in [0.15, 0.2) is 55.6 Å². The standard InChI is InChI=1S/C35H49N3O7/c1-8-10-16-27(40)36-20-26(23-14-12-11-13-15-23)44-33(43)28-25-17-18-35(45-25)29(28)31(41)38(24(21-39)22(3)4)30(35)32(42)37(19-9-2)34(5,6)7/h8-9,11-15,22,24-26,28-30,39H,1-2,10,16-21H2,3-7H3,(H,36,40)/t24-,25+,26-,28-,29-,30+,35-/m0/s1. The Morgan fingerprint density at radius 1 is 1.20 bits per heavy atom. The highest BCUT2D eigenvalue weighted by molar-refractivity contribution is 5.98. The van der Waals surface area contributed by atoms with Crippen molar-refractivity contribution in [2.75, 3.05) is 19.7 Å². The van der Waals surface area contributed by atoms with Crippen molar-refractivity contribution in [1.29, 1.82) is 0 Å². The predicted molar refractivity (Wildman–Crippen MR) is 170 cm³/mol. The molecule has 0 radical (unpaired) electrons. The molecule has 246 valence electrons. The highest BCUT2D eigenvalue weighted by Gasteiger charge is 2.76. The number of allylic oxidation sites excluding steroid dienone is 1. The Hall–Kier alpha value is -3.50. The molecular weight excluding hydrogens is 574 g/mol. The second-order valence-electron chi connectivity index (χ2n) is 13.7. The Kier molecular flexibility index (Phi) is 10.6. The summed E-state index contributed by atoms with van der Waals surface area (Å²) in [6.45, 7) is 17.0. The van der Waals surface area contributed by atoms with Crippen molar-refractivity contribution in [3.8, 4) is 0 Å². The zero-order valence-corrected chi connectivity index (χ0v) is 27.2. The van der Waals surface area contributed by atoms with Gasteiger partial charge in [0.25, 0.3) is 0 Å². The van der Waals surface area contributed by atoms with E-state index >= 15 is 0 Å². The number of esters is 1. The van der Waals surface area contributed by atoms with E-state index in [4.69, 9.17) is 9.47 Å². The third-order valence-corrected chi connectivity index (χ3v) is 9.44. The van der Waals surface area contributed by atoms with E-state index in [-0.39, 0.29) is 49.8 Å². The number of likely N-dealkylation sites (tertiary alicyclic amines) is 1.